The zero-order valence-corrected chi connectivity index (χ0v) is 5.75. The van der Waals surface area contributed by atoms with E-state index in [4.69, 9.17) is 4.74 Å². The Morgan fingerprint density at radius 3 is 3.00 bits per heavy atom. The van der Waals surface area contributed by atoms with Crippen molar-refractivity contribution in [3.8, 4) is 0 Å². The number of fused-ring (bicyclic) bond motifs is 1. The number of hydrogen-bond donors (Lipinski definition) is 0. The lowest BCUT2D eigenvalue weighted by Crippen LogP contribution is -2.26. The molecule has 3 fully saturated rings. The molecule has 1 saturated heterocycles. The molecule has 1 aliphatic heterocycles. The highest BCUT2D eigenvalue weighted by molar-refractivity contribution is 5.89. The molecule has 10 heavy (non-hydrogen) atoms. The minimum absolute atomic E-state index is 0.0312. The predicted molar refractivity (Wildman–Crippen MR) is 34.5 cm³/mol. The van der Waals surface area contributed by atoms with Gasteiger partial charge in [0, 0.05) is 5.92 Å². The molecular formula is C8H10O2. The number of Topliss-reactive ketones (excluding diaryl/α,β-unsaturated/α-hetero) is 1. The first-order valence-electron chi connectivity index (χ1n) is 4.01. The summed E-state index contributed by atoms with van der Waals surface area (Å²) in [5.41, 5.74) is 0. The first-order chi connectivity index (χ1) is 4.86. The maximum Gasteiger partial charge on any atom is 0.164 e. The summed E-state index contributed by atoms with van der Waals surface area (Å²) < 4.78 is 5.39. The van der Waals surface area contributed by atoms with E-state index in [0.717, 1.165) is 25.4 Å². The minimum atomic E-state index is 0.0312. The first kappa shape index (κ1) is 5.30. The first-order valence-corrected chi connectivity index (χ1v) is 4.01. The zero-order chi connectivity index (χ0) is 6.72. The van der Waals surface area contributed by atoms with Crippen LogP contribution in [-0.2, 0) is 9.53 Å². The molecule has 0 aromatic rings. The van der Waals surface area contributed by atoms with Gasteiger partial charge in [-0.05, 0) is 24.7 Å². The third-order valence-electron chi connectivity index (χ3n) is 3.31. The smallest absolute Gasteiger partial charge is 0.164 e. The van der Waals surface area contributed by atoms with Crippen molar-refractivity contribution in [2.75, 3.05) is 6.61 Å². The minimum Gasteiger partial charge on any atom is -0.370 e. The molecule has 4 atom stereocenters. The summed E-state index contributed by atoms with van der Waals surface area (Å²) in [6.45, 7) is 0.859. The van der Waals surface area contributed by atoms with Gasteiger partial charge in [-0.1, -0.05) is 0 Å². The van der Waals surface area contributed by atoms with Crippen LogP contribution in [0.3, 0.4) is 0 Å². The van der Waals surface area contributed by atoms with Crippen LogP contribution < -0.4 is 0 Å². The van der Waals surface area contributed by atoms with Crippen LogP contribution >= 0.6 is 0 Å². The number of ketones is 1. The zero-order valence-electron chi connectivity index (χ0n) is 5.75. The van der Waals surface area contributed by atoms with Crippen LogP contribution in [0.1, 0.15) is 12.8 Å². The van der Waals surface area contributed by atoms with Gasteiger partial charge >= 0.3 is 0 Å². The van der Waals surface area contributed by atoms with Crippen LogP contribution in [0.5, 0.6) is 0 Å². The maximum atomic E-state index is 11.3. The fourth-order valence-electron chi connectivity index (χ4n) is 2.83. The fourth-order valence-corrected chi connectivity index (χ4v) is 2.83. The molecule has 0 unspecified atom stereocenters. The highest BCUT2D eigenvalue weighted by Gasteiger charge is 2.56. The Labute approximate surface area is 59.6 Å². The Kier molecular flexibility index (Phi) is 0.768. The summed E-state index contributed by atoms with van der Waals surface area (Å²) in [6, 6.07) is 0. The van der Waals surface area contributed by atoms with E-state index in [1.807, 2.05) is 0 Å². The van der Waals surface area contributed by atoms with Gasteiger partial charge < -0.3 is 4.74 Å². The van der Waals surface area contributed by atoms with E-state index in [1.54, 1.807) is 0 Å². The van der Waals surface area contributed by atoms with E-state index < -0.39 is 0 Å². The number of hydrogen-bond acceptors (Lipinski definition) is 2. The Morgan fingerprint density at radius 1 is 1.40 bits per heavy atom. The van der Waals surface area contributed by atoms with Crippen LogP contribution in [0.4, 0.5) is 0 Å². The quantitative estimate of drug-likeness (QED) is 0.490. The number of ether oxygens (including phenoxy) is 1. The lowest BCUT2D eigenvalue weighted by atomic mass is 9.90. The maximum absolute atomic E-state index is 11.3. The van der Waals surface area contributed by atoms with Crippen molar-refractivity contribution >= 4 is 5.78 Å². The van der Waals surface area contributed by atoms with E-state index in [2.05, 4.69) is 0 Å². The van der Waals surface area contributed by atoms with Gasteiger partial charge in [0.1, 0.15) is 6.10 Å². The third kappa shape index (κ3) is 0.409. The lowest BCUT2D eigenvalue weighted by Gasteiger charge is -2.13. The van der Waals surface area contributed by atoms with Crippen molar-refractivity contribution in [1.82, 2.24) is 0 Å². The van der Waals surface area contributed by atoms with E-state index in [1.165, 1.54) is 0 Å². The number of carbonyl (C=O) groups is 1. The van der Waals surface area contributed by atoms with E-state index in [9.17, 15) is 4.79 Å². The Morgan fingerprint density at radius 2 is 2.30 bits per heavy atom. The number of rotatable bonds is 0. The van der Waals surface area contributed by atoms with Crippen LogP contribution in [0.25, 0.3) is 0 Å². The summed E-state index contributed by atoms with van der Waals surface area (Å²) in [5.74, 6) is 2.16. The van der Waals surface area contributed by atoms with Crippen LogP contribution in [0, 0.1) is 17.8 Å². The monoisotopic (exact) mass is 138 g/mol. The molecule has 2 aliphatic carbocycles. The van der Waals surface area contributed by atoms with Crippen molar-refractivity contribution in [1.29, 1.82) is 0 Å². The molecule has 2 bridgehead atoms. The molecule has 0 N–H and O–H groups in total. The van der Waals surface area contributed by atoms with Crippen LogP contribution in [0.2, 0.25) is 0 Å². The van der Waals surface area contributed by atoms with Gasteiger partial charge in [-0.2, -0.15) is 0 Å². The average molecular weight is 138 g/mol. The molecule has 2 heteroatoms. The second kappa shape index (κ2) is 1.45. The van der Waals surface area contributed by atoms with E-state index in [-0.39, 0.29) is 6.10 Å². The highest BCUT2D eigenvalue weighted by Crippen LogP contribution is 2.51. The largest absolute Gasteiger partial charge is 0.370 e. The standard InChI is InChI=1S/C8H10O2/c9-7-4-1-5-3-10-8(7)6(5)2-4/h4-6,8H,1-3H2/t4-,5-,6-,8-/m0/s1. The average Bonchev–Trinajstić information content (AvgIpc) is 2.43. The topological polar surface area (TPSA) is 26.3 Å². The predicted octanol–water partition coefficient (Wildman–Crippen LogP) is 0.610. The summed E-state index contributed by atoms with van der Waals surface area (Å²) >= 11 is 0. The molecule has 0 aromatic carbocycles. The molecule has 0 radical (unpaired) electrons. The van der Waals surface area contributed by atoms with Crippen molar-refractivity contribution in [2.24, 2.45) is 17.8 Å². The van der Waals surface area contributed by atoms with Gasteiger partial charge in [0.05, 0.1) is 6.61 Å². The fraction of sp³-hybridized carbons (Fsp3) is 0.875. The van der Waals surface area contributed by atoms with E-state index >= 15 is 0 Å². The molecule has 0 spiro atoms. The summed E-state index contributed by atoms with van der Waals surface area (Å²) in [7, 11) is 0. The van der Waals surface area contributed by atoms with E-state index in [0.29, 0.717) is 17.6 Å². The van der Waals surface area contributed by atoms with Crippen LogP contribution in [0.15, 0.2) is 0 Å². The molecular weight excluding hydrogens is 128 g/mol. The van der Waals surface area contributed by atoms with Crippen molar-refractivity contribution < 1.29 is 9.53 Å². The van der Waals surface area contributed by atoms with Crippen molar-refractivity contribution in [2.45, 2.75) is 18.9 Å². The van der Waals surface area contributed by atoms with Gasteiger partial charge in [0.2, 0.25) is 0 Å². The summed E-state index contributed by atoms with van der Waals surface area (Å²) in [6.07, 6.45) is 2.29. The van der Waals surface area contributed by atoms with Crippen LogP contribution in [-0.4, -0.2) is 18.5 Å². The van der Waals surface area contributed by atoms with Gasteiger partial charge in [0.15, 0.2) is 5.78 Å². The Balaban J connectivity index is 2.08. The molecule has 0 aromatic heterocycles. The molecule has 3 rings (SSSR count). The lowest BCUT2D eigenvalue weighted by molar-refractivity contribution is -0.129. The molecule has 1 heterocycles. The van der Waals surface area contributed by atoms with Gasteiger partial charge in [-0.25, -0.2) is 0 Å². The normalized spacial score (nSPS) is 56.6. The Bertz CT molecular complexity index is 197. The molecule has 2 nitrogen and oxygen atoms in total. The second-order valence-electron chi connectivity index (χ2n) is 3.75. The summed E-state index contributed by atoms with van der Waals surface area (Å²) in [4.78, 5) is 11.3. The SMILES string of the molecule is O=C1[C@H]2C[C@H]3CO[C@H]1[C@H]3C2. The van der Waals surface area contributed by atoms with Gasteiger partial charge in [0.25, 0.3) is 0 Å². The third-order valence-corrected chi connectivity index (χ3v) is 3.31. The van der Waals surface area contributed by atoms with Gasteiger partial charge in [-0.3, -0.25) is 4.79 Å². The van der Waals surface area contributed by atoms with Gasteiger partial charge in [-0.15, -0.1) is 0 Å². The highest BCUT2D eigenvalue weighted by atomic mass is 16.5. The molecule has 3 aliphatic rings. The van der Waals surface area contributed by atoms with Crippen molar-refractivity contribution in [3.63, 3.8) is 0 Å². The Hall–Kier alpha value is -0.370. The summed E-state index contributed by atoms with van der Waals surface area (Å²) in [5, 5.41) is 0. The van der Waals surface area contributed by atoms with Crippen molar-refractivity contribution in [3.05, 3.63) is 0 Å². The molecule has 0 amide bonds. The molecule has 2 saturated carbocycles. The second-order valence-corrected chi connectivity index (χ2v) is 3.75. The number of carbonyl (C=O) groups excluding carboxylic acids is 1. The molecule has 54 valence electrons.